The molecule has 0 bridgehead atoms. The number of hydrogen-bond donors (Lipinski definition) is 2. The minimum atomic E-state index is -5.08. The fourth-order valence-electron chi connectivity index (χ4n) is 3.55. The lowest BCUT2D eigenvalue weighted by Gasteiger charge is -2.20. The van der Waals surface area contributed by atoms with Crippen molar-refractivity contribution in [3.05, 3.63) is 17.0 Å². The third-order valence-corrected chi connectivity index (χ3v) is 5.24. The molecule has 0 spiro atoms. The van der Waals surface area contributed by atoms with Gasteiger partial charge in [0.25, 0.3) is 0 Å². The van der Waals surface area contributed by atoms with Crippen molar-refractivity contribution in [1.29, 1.82) is 0 Å². The van der Waals surface area contributed by atoms with E-state index in [1.54, 1.807) is 19.0 Å². The Morgan fingerprint density at radius 3 is 2.43 bits per heavy atom. The predicted octanol–water partition coefficient (Wildman–Crippen LogP) is 1.64. The quantitative estimate of drug-likeness (QED) is 0.739. The van der Waals surface area contributed by atoms with Gasteiger partial charge in [-0.3, -0.25) is 4.90 Å². The molecule has 1 aromatic heterocycles. The van der Waals surface area contributed by atoms with Crippen LogP contribution in [0.2, 0.25) is 0 Å². The van der Waals surface area contributed by atoms with E-state index in [1.807, 2.05) is 13.8 Å². The third-order valence-electron chi connectivity index (χ3n) is 5.24. The maximum Gasteiger partial charge on any atom is 0.490 e. The van der Waals surface area contributed by atoms with E-state index < -0.39 is 12.1 Å². The minimum Gasteiger partial charge on any atom is -0.475 e. The summed E-state index contributed by atoms with van der Waals surface area (Å²) in [5.74, 6) is -0.987. The number of aromatic nitrogens is 1. The molecule has 2 aliphatic rings. The first-order valence-corrected chi connectivity index (χ1v) is 9.41. The Bertz CT molecular complexity index is 733. The van der Waals surface area contributed by atoms with E-state index in [4.69, 9.17) is 19.2 Å². The molecular weight excluding hydrogens is 409 g/mol. The minimum absolute atomic E-state index is 0.0426. The molecular formula is C18H27F3N4O5. The molecule has 170 valence electrons. The Balaban J connectivity index is 0.000000396. The summed E-state index contributed by atoms with van der Waals surface area (Å²) in [4.78, 5) is 24.6. The van der Waals surface area contributed by atoms with Crippen LogP contribution in [0.4, 0.5) is 18.0 Å². The number of amides is 2. The molecule has 2 fully saturated rings. The van der Waals surface area contributed by atoms with Crippen molar-refractivity contribution in [1.82, 2.24) is 20.3 Å². The lowest BCUT2D eigenvalue weighted by atomic mass is 9.93. The van der Waals surface area contributed by atoms with Gasteiger partial charge in [0.05, 0.1) is 18.4 Å². The summed E-state index contributed by atoms with van der Waals surface area (Å²) >= 11 is 0. The van der Waals surface area contributed by atoms with Gasteiger partial charge in [-0.05, 0) is 13.8 Å². The number of hydrogen-bond acceptors (Lipinski definition) is 6. The number of fused-ring (bicyclic) bond motifs is 1. The zero-order chi connectivity index (χ0) is 22.6. The highest BCUT2D eigenvalue weighted by Gasteiger charge is 2.44. The first-order chi connectivity index (χ1) is 13.9. The van der Waals surface area contributed by atoms with Gasteiger partial charge in [-0.1, -0.05) is 5.16 Å². The molecule has 12 heteroatoms. The number of carbonyl (C=O) groups is 2. The number of carboxylic acid groups (broad SMARTS) is 1. The van der Waals surface area contributed by atoms with Gasteiger partial charge < -0.3 is 24.6 Å². The molecule has 9 nitrogen and oxygen atoms in total. The summed E-state index contributed by atoms with van der Waals surface area (Å²) in [6.45, 7) is 8.15. The Hall–Kier alpha value is -2.34. The molecule has 2 aliphatic heterocycles. The number of likely N-dealkylation sites (tertiary alicyclic amines) is 1. The fraction of sp³-hybridized carbons (Fsp3) is 0.722. The predicted molar refractivity (Wildman–Crippen MR) is 98.8 cm³/mol. The summed E-state index contributed by atoms with van der Waals surface area (Å²) in [6, 6.07) is -0.0426. The zero-order valence-electron chi connectivity index (χ0n) is 17.3. The van der Waals surface area contributed by atoms with Crippen LogP contribution in [0.5, 0.6) is 0 Å². The lowest BCUT2D eigenvalue weighted by Crippen LogP contribution is -2.39. The van der Waals surface area contributed by atoms with Crippen LogP contribution in [-0.4, -0.2) is 84.7 Å². The molecule has 2 amide bonds. The van der Waals surface area contributed by atoms with Crippen molar-refractivity contribution in [3.63, 3.8) is 0 Å². The first kappa shape index (κ1) is 23.9. The number of aryl methyl sites for hydroxylation is 2. The average Bonchev–Trinajstić information content (AvgIpc) is 3.30. The smallest absolute Gasteiger partial charge is 0.475 e. The van der Waals surface area contributed by atoms with E-state index in [9.17, 15) is 18.0 Å². The van der Waals surface area contributed by atoms with Gasteiger partial charge in [-0.25, -0.2) is 9.59 Å². The summed E-state index contributed by atoms with van der Waals surface area (Å²) in [5, 5.41) is 14.1. The van der Waals surface area contributed by atoms with E-state index in [-0.39, 0.29) is 12.1 Å². The van der Waals surface area contributed by atoms with Gasteiger partial charge in [0.2, 0.25) is 0 Å². The molecule has 0 aromatic carbocycles. The molecule has 3 heterocycles. The topological polar surface area (TPSA) is 108 Å². The molecule has 2 saturated heterocycles. The van der Waals surface area contributed by atoms with Crippen LogP contribution in [0.25, 0.3) is 0 Å². The summed E-state index contributed by atoms with van der Waals surface area (Å²) < 4.78 is 42.9. The van der Waals surface area contributed by atoms with E-state index in [0.29, 0.717) is 18.4 Å². The fourth-order valence-corrected chi connectivity index (χ4v) is 3.55. The molecule has 0 saturated carbocycles. The molecule has 1 aromatic rings. The molecule has 30 heavy (non-hydrogen) atoms. The van der Waals surface area contributed by atoms with E-state index in [2.05, 4.69) is 15.4 Å². The van der Waals surface area contributed by atoms with Crippen LogP contribution in [0.1, 0.15) is 17.0 Å². The molecule has 0 unspecified atom stereocenters. The molecule has 3 rings (SSSR count). The third kappa shape index (κ3) is 6.08. The normalized spacial score (nSPS) is 23.5. The van der Waals surface area contributed by atoms with Crippen molar-refractivity contribution >= 4 is 12.0 Å². The SMILES string of the molecule is Cc1noc(C)c1CN1C[C@@H]2[C@@H](CNC(=O)N(C)C)CO[C@@H]2C1.O=C(O)C(F)(F)F. The number of rotatable bonds is 4. The first-order valence-electron chi connectivity index (χ1n) is 9.41. The van der Waals surface area contributed by atoms with E-state index in [1.165, 1.54) is 5.56 Å². The van der Waals surface area contributed by atoms with Gasteiger partial charge >= 0.3 is 18.2 Å². The Kier molecular flexibility index (Phi) is 7.70. The van der Waals surface area contributed by atoms with Crippen molar-refractivity contribution in [2.75, 3.05) is 40.3 Å². The van der Waals surface area contributed by atoms with Crippen molar-refractivity contribution in [3.8, 4) is 0 Å². The van der Waals surface area contributed by atoms with Gasteiger partial charge in [0.1, 0.15) is 5.76 Å². The molecule has 0 radical (unpaired) electrons. The molecule has 0 aliphatic carbocycles. The van der Waals surface area contributed by atoms with Crippen LogP contribution in [0, 0.1) is 25.7 Å². The van der Waals surface area contributed by atoms with Crippen LogP contribution in [0.15, 0.2) is 4.52 Å². The van der Waals surface area contributed by atoms with Crippen LogP contribution in [-0.2, 0) is 16.1 Å². The largest absolute Gasteiger partial charge is 0.490 e. The molecule has 3 atom stereocenters. The maximum absolute atomic E-state index is 11.7. The average molecular weight is 436 g/mol. The zero-order valence-corrected chi connectivity index (χ0v) is 17.3. The van der Waals surface area contributed by atoms with E-state index >= 15 is 0 Å². The van der Waals surface area contributed by atoms with Crippen molar-refractivity contribution < 1.29 is 37.1 Å². The number of carboxylic acids is 1. The highest BCUT2D eigenvalue weighted by Crippen LogP contribution is 2.34. The number of nitrogens with zero attached hydrogens (tertiary/aromatic N) is 3. The van der Waals surface area contributed by atoms with E-state index in [0.717, 1.165) is 37.7 Å². The van der Waals surface area contributed by atoms with Crippen molar-refractivity contribution in [2.24, 2.45) is 11.8 Å². The van der Waals surface area contributed by atoms with Crippen LogP contribution >= 0.6 is 0 Å². The highest BCUT2D eigenvalue weighted by molar-refractivity contribution is 5.73. The standard InChI is InChI=1S/C16H26N4O3.C2HF3O2/c1-10-13(11(2)23-18-10)6-20-7-14-12(9-22-15(14)8-20)5-17-16(21)19(3)4;3-2(4,5)1(6)7/h12,14-15H,5-9H2,1-4H3,(H,17,21);(H,6,7)/t12-,14+,15+;/m0./s1. The van der Waals surface area contributed by atoms with Crippen molar-refractivity contribution in [2.45, 2.75) is 32.7 Å². The second-order valence-electron chi connectivity index (χ2n) is 7.68. The van der Waals surface area contributed by atoms with Crippen LogP contribution in [0.3, 0.4) is 0 Å². The number of nitrogens with one attached hydrogen (secondary N) is 1. The second kappa shape index (κ2) is 9.65. The van der Waals surface area contributed by atoms with Crippen LogP contribution < -0.4 is 5.32 Å². The number of urea groups is 1. The summed E-state index contributed by atoms with van der Waals surface area (Å²) in [5.41, 5.74) is 2.15. The van der Waals surface area contributed by atoms with Gasteiger partial charge in [0.15, 0.2) is 0 Å². The van der Waals surface area contributed by atoms with Gasteiger partial charge in [-0.15, -0.1) is 0 Å². The Labute approximate surface area is 172 Å². The Morgan fingerprint density at radius 2 is 1.93 bits per heavy atom. The number of alkyl halides is 3. The maximum atomic E-state index is 11.7. The Morgan fingerprint density at radius 1 is 1.30 bits per heavy atom. The molecule has 2 N–H and O–H groups in total. The van der Waals surface area contributed by atoms with Gasteiger partial charge in [-0.2, -0.15) is 13.2 Å². The number of aliphatic carboxylic acids is 1. The second-order valence-corrected chi connectivity index (χ2v) is 7.68. The highest BCUT2D eigenvalue weighted by atomic mass is 19.4. The van der Waals surface area contributed by atoms with Gasteiger partial charge in [0, 0.05) is 57.7 Å². The summed E-state index contributed by atoms with van der Waals surface area (Å²) in [6.07, 6.45) is -4.81. The lowest BCUT2D eigenvalue weighted by molar-refractivity contribution is -0.192. The number of halogens is 3. The summed E-state index contributed by atoms with van der Waals surface area (Å²) in [7, 11) is 3.51. The number of ether oxygens (including phenoxy) is 1. The number of carbonyl (C=O) groups excluding carboxylic acids is 1. The monoisotopic (exact) mass is 436 g/mol.